The fourth-order valence-corrected chi connectivity index (χ4v) is 2.08. The lowest BCUT2D eigenvalue weighted by Gasteiger charge is -2.09. The molecule has 0 saturated carbocycles. The summed E-state index contributed by atoms with van der Waals surface area (Å²) in [5.74, 6) is 0.475. The van der Waals surface area contributed by atoms with Crippen molar-refractivity contribution in [3.8, 4) is 17.0 Å². The molecule has 4 nitrogen and oxygen atoms in total. The summed E-state index contributed by atoms with van der Waals surface area (Å²) in [6.45, 7) is 0. The lowest BCUT2D eigenvalue weighted by Crippen LogP contribution is -2.05. The van der Waals surface area contributed by atoms with Gasteiger partial charge in [0.05, 0.1) is 17.5 Å². The van der Waals surface area contributed by atoms with E-state index in [1.165, 1.54) is 24.3 Å². The Morgan fingerprint density at radius 3 is 2.48 bits per heavy atom. The summed E-state index contributed by atoms with van der Waals surface area (Å²) in [7, 11) is 0. The highest BCUT2D eigenvalue weighted by Crippen LogP contribution is 2.31. The molecule has 0 amide bonds. The summed E-state index contributed by atoms with van der Waals surface area (Å²) in [6.07, 6.45) is -2.83. The van der Waals surface area contributed by atoms with Crippen LogP contribution in [0.1, 0.15) is 5.56 Å². The number of hydrogen-bond acceptors (Lipinski definition) is 3. The van der Waals surface area contributed by atoms with Crippen LogP contribution in [0.5, 0.6) is 5.75 Å². The number of rotatable bonds is 3. The number of imidazole rings is 1. The van der Waals surface area contributed by atoms with E-state index in [4.69, 9.17) is 0 Å². The predicted molar refractivity (Wildman–Crippen MR) is 80.4 cm³/mol. The van der Waals surface area contributed by atoms with Crippen LogP contribution >= 0.6 is 0 Å². The number of benzene rings is 2. The van der Waals surface area contributed by atoms with Crippen molar-refractivity contribution in [2.24, 2.45) is 0 Å². The Kier molecular flexibility index (Phi) is 3.69. The summed E-state index contributed by atoms with van der Waals surface area (Å²) in [4.78, 5) is 7.06. The van der Waals surface area contributed by atoms with Crippen LogP contribution in [0, 0.1) is 0 Å². The number of aromatic hydroxyl groups is 1. The van der Waals surface area contributed by atoms with E-state index in [-0.39, 0.29) is 11.4 Å². The number of phenols is 1. The highest BCUT2D eigenvalue weighted by atomic mass is 19.4. The van der Waals surface area contributed by atoms with E-state index in [9.17, 15) is 18.3 Å². The average molecular weight is 319 g/mol. The largest absolute Gasteiger partial charge is 0.508 e. The van der Waals surface area contributed by atoms with E-state index in [0.717, 1.165) is 17.7 Å². The Morgan fingerprint density at radius 2 is 1.78 bits per heavy atom. The van der Waals surface area contributed by atoms with Crippen LogP contribution in [0.3, 0.4) is 0 Å². The number of aromatic amines is 1. The van der Waals surface area contributed by atoms with E-state index in [1.807, 2.05) is 0 Å². The van der Waals surface area contributed by atoms with E-state index < -0.39 is 11.7 Å². The molecule has 1 aromatic heterocycles. The van der Waals surface area contributed by atoms with Crippen LogP contribution in [0.25, 0.3) is 11.3 Å². The van der Waals surface area contributed by atoms with Crippen LogP contribution in [-0.4, -0.2) is 15.1 Å². The molecule has 0 aliphatic rings. The van der Waals surface area contributed by atoms with Gasteiger partial charge in [-0.05, 0) is 48.0 Å². The number of anilines is 2. The molecule has 3 aromatic rings. The maximum Gasteiger partial charge on any atom is 0.416 e. The molecule has 3 rings (SSSR count). The number of halogens is 3. The van der Waals surface area contributed by atoms with Gasteiger partial charge in [0.1, 0.15) is 5.75 Å². The van der Waals surface area contributed by atoms with Crippen molar-refractivity contribution in [2.75, 3.05) is 5.32 Å². The normalized spacial score (nSPS) is 11.4. The van der Waals surface area contributed by atoms with Crippen LogP contribution in [0.4, 0.5) is 24.8 Å². The summed E-state index contributed by atoms with van der Waals surface area (Å²) < 4.78 is 38.1. The van der Waals surface area contributed by atoms with Crippen molar-refractivity contribution in [2.45, 2.75) is 6.18 Å². The zero-order valence-corrected chi connectivity index (χ0v) is 11.7. The maximum atomic E-state index is 12.7. The standard InChI is InChI=1S/C16H12F3N3O/c17-16(18,19)11-2-1-3-12(8-11)21-15-20-9-14(22-15)10-4-6-13(23)7-5-10/h1-9,23H,(H2,20,21,22). The van der Waals surface area contributed by atoms with Crippen molar-refractivity contribution in [3.05, 3.63) is 60.3 Å². The number of phenolic OH excluding ortho intramolecular Hbond substituents is 1. The molecule has 23 heavy (non-hydrogen) atoms. The van der Waals surface area contributed by atoms with Crippen LogP contribution in [0.15, 0.2) is 54.7 Å². The number of hydrogen-bond donors (Lipinski definition) is 3. The van der Waals surface area contributed by atoms with Gasteiger partial charge in [-0.1, -0.05) is 6.07 Å². The smallest absolute Gasteiger partial charge is 0.416 e. The van der Waals surface area contributed by atoms with Crippen LogP contribution in [-0.2, 0) is 6.18 Å². The Labute approximate surface area is 129 Å². The summed E-state index contributed by atoms with van der Waals surface area (Å²) in [6, 6.07) is 11.4. The van der Waals surface area contributed by atoms with E-state index >= 15 is 0 Å². The van der Waals surface area contributed by atoms with Gasteiger partial charge in [0.25, 0.3) is 0 Å². The molecule has 0 unspecified atom stereocenters. The third-order valence-corrected chi connectivity index (χ3v) is 3.21. The highest BCUT2D eigenvalue weighted by molar-refractivity contribution is 5.63. The molecular weight excluding hydrogens is 307 g/mol. The van der Waals surface area contributed by atoms with Gasteiger partial charge in [-0.2, -0.15) is 13.2 Å². The average Bonchev–Trinajstić information content (AvgIpc) is 2.96. The number of alkyl halides is 3. The Morgan fingerprint density at radius 1 is 1.04 bits per heavy atom. The van der Waals surface area contributed by atoms with Crippen LogP contribution in [0.2, 0.25) is 0 Å². The zero-order chi connectivity index (χ0) is 16.4. The maximum absolute atomic E-state index is 12.7. The number of nitrogens with zero attached hydrogens (tertiary/aromatic N) is 1. The molecule has 0 aliphatic carbocycles. The second-order valence-electron chi connectivity index (χ2n) is 4.90. The first kappa shape index (κ1) is 15.0. The third kappa shape index (κ3) is 3.45. The molecule has 2 aromatic carbocycles. The van der Waals surface area contributed by atoms with Gasteiger partial charge in [-0.15, -0.1) is 0 Å². The molecular formula is C16H12F3N3O. The predicted octanol–water partition coefficient (Wildman–Crippen LogP) is 4.54. The molecule has 0 radical (unpaired) electrons. The fraction of sp³-hybridized carbons (Fsp3) is 0.0625. The van der Waals surface area contributed by atoms with E-state index in [1.54, 1.807) is 18.3 Å². The monoisotopic (exact) mass is 319 g/mol. The first-order valence-electron chi connectivity index (χ1n) is 6.70. The van der Waals surface area contributed by atoms with Crippen molar-refractivity contribution in [3.63, 3.8) is 0 Å². The Bertz CT molecular complexity index is 810. The fourth-order valence-electron chi connectivity index (χ4n) is 2.08. The van der Waals surface area contributed by atoms with Gasteiger partial charge >= 0.3 is 6.18 Å². The van der Waals surface area contributed by atoms with Crippen molar-refractivity contribution in [1.29, 1.82) is 0 Å². The van der Waals surface area contributed by atoms with Gasteiger partial charge in [-0.25, -0.2) is 4.98 Å². The SMILES string of the molecule is Oc1ccc(-c2cnc(Nc3cccc(C(F)(F)F)c3)[nH]2)cc1. The number of aromatic nitrogens is 2. The van der Waals surface area contributed by atoms with Gasteiger partial charge in [0.15, 0.2) is 0 Å². The Balaban J connectivity index is 1.81. The molecule has 1 heterocycles. The van der Waals surface area contributed by atoms with Gasteiger partial charge in [0, 0.05) is 5.69 Å². The molecule has 0 saturated heterocycles. The highest BCUT2D eigenvalue weighted by Gasteiger charge is 2.30. The summed E-state index contributed by atoms with van der Waals surface area (Å²) >= 11 is 0. The minimum absolute atomic E-state index is 0.149. The second-order valence-corrected chi connectivity index (χ2v) is 4.90. The quantitative estimate of drug-likeness (QED) is 0.664. The van der Waals surface area contributed by atoms with Gasteiger partial charge in [0.2, 0.25) is 5.95 Å². The topological polar surface area (TPSA) is 60.9 Å². The van der Waals surface area contributed by atoms with Crippen LogP contribution < -0.4 is 5.32 Å². The summed E-state index contributed by atoms with van der Waals surface area (Å²) in [5.41, 5.74) is 1.03. The lowest BCUT2D eigenvalue weighted by molar-refractivity contribution is -0.137. The summed E-state index contributed by atoms with van der Waals surface area (Å²) in [5, 5.41) is 12.1. The minimum Gasteiger partial charge on any atom is -0.508 e. The van der Waals surface area contributed by atoms with E-state index in [2.05, 4.69) is 15.3 Å². The van der Waals surface area contributed by atoms with Crippen molar-refractivity contribution < 1.29 is 18.3 Å². The molecule has 0 bridgehead atoms. The minimum atomic E-state index is -4.39. The van der Waals surface area contributed by atoms with Crippen molar-refractivity contribution >= 4 is 11.6 Å². The third-order valence-electron chi connectivity index (χ3n) is 3.21. The molecule has 0 aliphatic heterocycles. The molecule has 0 spiro atoms. The molecule has 0 fully saturated rings. The number of H-pyrrole nitrogens is 1. The second kappa shape index (κ2) is 5.68. The molecule has 118 valence electrons. The zero-order valence-electron chi connectivity index (χ0n) is 11.7. The first-order chi connectivity index (χ1) is 10.9. The van der Waals surface area contributed by atoms with Gasteiger partial charge in [-0.3, -0.25) is 0 Å². The number of nitrogens with one attached hydrogen (secondary N) is 2. The molecule has 0 atom stereocenters. The molecule has 7 heteroatoms. The molecule has 3 N–H and O–H groups in total. The Hall–Kier alpha value is -2.96. The van der Waals surface area contributed by atoms with Crippen molar-refractivity contribution in [1.82, 2.24) is 9.97 Å². The van der Waals surface area contributed by atoms with E-state index in [0.29, 0.717) is 11.6 Å². The van der Waals surface area contributed by atoms with Gasteiger partial charge < -0.3 is 15.4 Å². The first-order valence-corrected chi connectivity index (χ1v) is 6.70. The lowest BCUT2D eigenvalue weighted by atomic mass is 10.2.